The Kier molecular flexibility index (Phi) is 3.55. The first-order valence-electron chi connectivity index (χ1n) is 5.58. The number of hydrogen-bond acceptors (Lipinski definition) is 2. The first kappa shape index (κ1) is 11.4. The molecule has 0 saturated carbocycles. The average molecular weight is 226 g/mol. The van der Waals surface area contributed by atoms with Crippen LogP contribution < -0.4 is 4.74 Å². The van der Waals surface area contributed by atoms with Crippen molar-refractivity contribution in [3.8, 4) is 5.75 Å². The van der Waals surface area contributed by atoms with E-state index in [0.29, 0.717) is 11.3 Å². The first-order chi connectivity index (χ1) is 8.27. The highest BCUT2D eigenvalue weighted by Crippen LogP contribution is 2.13. The minimum Gasteiger partial charge on any atom is -0.483 e. The Labute approximate surface area is 101 Å². The van der Waals surface area contributed by atoms with Gasteiger partial charge < -0.3 is 4.74 Å². The summed E-state index contributed by atoms with van der Waals surface area (Å²) in [5.41, 5.74) is 0.677. The highest BCUT2D eigenvalue weighted by Gasteiger charge is 2.16. The van der Waals surface area contributed by atoms with E-state index in [1.54, 1.807) is 19.1 Å². The van der Waals surface area contributed by atoms with E-state index < -0.39 is 6.10 Å². The zero-order valence-corrected chi connectivity index (χ0v) is 9.67. The largest absolute Gasteiger partial charge is 0.483 e. The van der Waals surface area contributed by atoms with Gasteiger partial charge in [-0.1, -0.05) is 48.5 Å². The summed E-state index contributed by atoms with van der Waals surface area (Å²) in [7, 11) is 0. The lowest BCUT2D eigenvalue weighted by Crippen LogP contribution is -2.23. The summed E-state index contributed by atoms with van der Waals surface area (Å²) in [6.45, 7) is 1.77. The number of ketones is 1. The zero-order valence-electron chi connectivity index (χ0n) is 9.67. The fraction of sp³-hybridized carbons (Fsp3) is 0.133. The van der Waals surface area contributed by atoms with Gasteiger partial charge in [-0.15, -0.1) is 0 Å². The lowest BCUT2D eigenvalue weighted by molar-refractivity contribution is 0.0818. The third kappa shape index (κ3) is 2.94. The van der Waals surface area contributed by atoms with E-state index in [0.717, 1.165) is 0 Å². The smallest absolute Gasteiger partial charge is 0.202 e. The Balaban J connectivity index is 2.06. The number of rotatable bonds is 4. The van der Waals surface area contributed by atoms with E-state index in [1.165, 1.54) is 0 Å². The summed E-state index contributed by atoms with van der Waals surface area (Å²) in [6, 6.07) is 18.6. The van der Waals surface area contributed by atoms with Gasteiger partial charge >= 0.3 is 0 Å². The fourth-order valence-electron chi connectivity index (χ4n) is 1.59. The van der Waals surface area contributed by atoms with Gasteiger partial charge in [-0.3, -0.25) is 4.79 Å². The van der Waals surface area contributed by atoms with Gasteiger partial charge in [0.2, 0.25) is 5.78 Å². The number of para-hydroxylation sites is 1. The number of Topliss-reactive ketones (excluding diaryl/α,β-unsaturated/α-hetero) is 1. The molecule has 0 bridgehead atoms. The maximum absolute atomic E-state index is 12.0. The third-order valence-electron chi connectivity index (χ3n) is 2.48. The van der Waals surface area contributed by atoms with Gasteiger partial charge in [0.05, 0.1) is 0 Å². The van der Waals surface area contributed by atoms with Crippen molar-refractivity contribution < 1.29 is 9.53 Å². The van der Waals surface area contributed by atoms with Gasteiger partial charge in [0.1, 0.15) is 5.75 Å². The van der Waals surface area contributed by atoms with Crippen molar-refractivity contribution in [3.63, 3.8) is 0 Å². The summed E-state index contributed by atoms with van der Waals surface area (Å²) in [5.74, 6) is 0.707. The molecular formula is C15H14O2. The number of ether oxygens (including phenoxy) is 1. The molecule has 0 saturated heterocycles. The van der Waals surface area contributed by atoms with Crippen LogP contribution in [0.15, 0.2) is 60.7 Å². The van der Waals surface area contributed by atoms with Crippen LogP contribution in [0.1, 0.15) is 17.3 Å². The van der Waals surface area contributed by atoms with Gasteiger partial charge in [-0.05, 0) is 19.1 Å². The van der Waals surface area contributed by atoms with Crippen molar-refractivity contribution in [3.05, 3.63) is 66.2 Å². The molecule has 0 fully saturated rings. The Bertz CT molecular complexity index is 477. The fourth-order valence-corrected chi connectivity index (χ4v) is 1.59. The van der Waals surface area contributed by atoms with Crippen molar-refractivity contribution in [1.29, 1.82) is 0 Å². The molecule has 2 nitrogen and oxygen atoms in total. The monoisotopic (exact) mass is 226 g/mol. The summed E-state index contributed by atoms with van der Waals surface area (Å²) in [5, 5.41) is 0. The quantitative estimate of drug-likeness (QED) is 0.747. The number of hydrogen-bond donors (Lipinski definition) is 0. The van der Waals surface area contributed by atoms with E-state index in [1.807, 2.05) is 48.5 Å². The Hall–Kier alpha value is -2.09. The normalized spacial score (nSPS) is 11.8. The maximum Gasteiger partial charge on any atom is 0.202 e. The predicted octanol–water partition coefficient (Wildman–Crippen LogP) is 3.34. The molecule has 2 aromatic rings. The predicted molar refractivity (Wildman–Crippen MR) is 67.3 cm³/mol. The number of benzene rings is 2. The lowest BCUT2D eigenvalue weighted by Gasteiger charge is -2.13. The molecule has 86 valence electrons. The third-order valence-corrected chi connectivity index (χ3v) is 2.48. The van der Waals surface area contributed by atoms with E-state index in [4.69, 9.17) is 4.74 Å². The summed E-state index contributed by atoms with van der Waals surface area (Å²) < 4.78 is 5.58. The highest BCUT2D eigenvalue weighted by atomic mass is 16.5. The summed E-state index contributed by atoms with van der Waals surface area (Å²) >= 11 is 0. The molecule has 0 aliphatic carbocycles. The first-order valence-corrected chi connectivity index (χ1v) is 5.58. The van der Waals surface area contributed by atoms with Crippen LogP contribution in [0.3, 0.4) is 0 Å². The molecule has 2 heteroatoms. The minimum absolute atomic E-state index is 0.00514. The molecule has 2 aromatic carbocycles. The maximum atomic E-state index is 12.0. The van der Waals surface area contributed by atoms with Crippen LogP contribution in [-0.2, 0) is 0 Å². The molecule has 1 atom stereocenters. The Morgan fingerprint density at radius 1 is 0.941 bits per heavy atom. The summed E-state index contributed by atoms with van der Waals surface area (Å²) in [4.78, 5) is 12.0. The second-order valence-corrected chi connectivity index (χ2v) is 3.80. The molecule has 17 heavy (non-hydrogen) atoms. The Morgan fingerprint density at radius 3 is 2.06 bits per heavy atom. The van der Waals surface area contributed by atoms with Crippen LogP contribution in [0, 0.1) is 0 Å². The number of carbonyl (C=O) groups excluding carboxylic acids is 1. The molecule has 0 amide bonds. The van der Waals surface area contributed by atoms with E-state index in [2.05, 4.69) is 0 Å². The van der Waals surface area contributed by atoms with Crippen LogP contribution in [0.4, 0.5) is 0 Å². The lowest BCUT2D eigenvalue weighted by atomic mass is 10.1. The van der Waals surface area contributed by atoms with E-state index in [9.17, 15) is 4.79 Å². The van der Waals surface area contributed by atoms with Crippen molar-refractivity contribution >= 4 is 5.78 Å². The van der Waals surface area contributed by atoms with Crippen LogP contribution in [0.2, 0.25) is 0 Å². The topological polar surface area (TPSA) is 26.3 Å². The molecule has 0 aliphatic rings. The SMILES string of the molecule is C[C@H](Oc1ccccc1)C(=O)c1ccccc1. The van der Waals surface area contributed by atoms with Crippen LogP contribution in [-0.4, -0.2) is 11.9 Å². The molecule has 0 N–H and O–H groups in total. The van der Waals surface area contributed by atoms with Gasteiger partial charge in [0.25, 0.3) is 0 Å². The van der Waals surface area contributed by atoms with Crippen molar-refractivity contribution in [2.45, 2.75) is 13.0 Å². The second-order valence-electron chi connectivity index (χ2n) is 3.80. The molecule has 0 spiro atoms. The van der Waals surface area contributed by atoms with Gasteiger partial charge in [-0.25, -0.2) is 0 Å². The molecule has 2 rings (SSSR count). The van der Waals surface area contributed by atoms with Crippen LogP contribution >= 0.6 is 0 Å². The zero-order chi connectivity index (χ0) is 12.1. The average Bonchev–Trinajstić information content (AvgIpc) is 2.40. The Morgan fingerprint density at radius 2 is 1.47 bits per heavy atom. The van der Waals surface area contributed by atoms with Gasteiger partial charge in [0.15, 0.2) is 6.10 Å². The van der Waals surface area contributed by atoms with Crippen molar-refractivity contribution in [2.75, 3.05) is 0 Å². The summed E-state index contributed by atoms with van der Waals surface area (Å²) in [6.07, 6.45) is -0.472. The minimum atomic E-state index is -0.472. The van der Waals surface area contributed by atoms with Gasteiger partial charge in [0, 0.05) is 5.56 Å². The van der Waals surface area contributed by atoms with Crippen LogP contribution in [0.25, 0.3) is 0 Å². The molecule has 0 radical (unpaired) electrons. The molecule has 0 aromatic heterocycles. The molecule has 0 aliphatic heterocycles. The molecular weight excluding hydrogens is 212 g/mol. The van der Waals surface area contributed by atoms with E-state index in [-0.39, 0.29) is 5.78 Å². The van der Waals surface area contributed by atoms with Crippen molar-refractivity contribution in [2.24, 2.45) is 0 Å². The second kappa shape index (κ2) is 5.30. The molecule has 0 heterocycles. The van der Waals surface area contributed by atoms with Crippen LogP contribution in [0.5, 0.6) is 5.75 Å². The van der Waals surface area contributed by atoms with Crippen molar-refractivity contribution in [1.82, 2.24) is 0 Å². The number of carbonyl (C=O) groups is 1. The highest BCUT2D eigenvalue weighted by molar-refractivity contribution is 5.99. The van der Waals surface area contributed by atoms with Gasteiger partial charge in [-0.2, -0.15) is 0 Å². The standard InChI is InChI=1S/C15H14O2/c1-12(17-14-10-6-3-7-11-14)15(16)13-8-4-2-5-9-13/h2-12H,1H3/t12-/m0/s1. The molecule has 0 unspecified atom stereocenters. The van der Waals surface area contributed by atoms with E-state index >= 15 is 0 Å².